The highest BCUT2D eigenvalue weighted by Crippen LogP contribution is 2.29. The molecule has 0 saturated carbocycles. The number of nitrogens with zero attached hydrogens (tertiary/aromatic N) is 2. The van der Waals surface area contributed by atoms with E-state index in [1.165, 1.54) is 56.8 Å². The minimum atomic E-state index is -4.08. The number of phenols is 1. The fourth-order valence-corrected chi connectivity index (χ4v) is 3.83. The first-order valence-corrected chi connectivity index (χ1v) is 10.8. The van der Waals surface area contributed by atoms with E-state index in [-0.39, 0.29) is 27.8 Å². The monoisotopic (exact) mass is 472 g/mol. The zero-order chi connectivity index (χ0) is 24.0. The van der Waals surface area contributed by atoms with Gasteiger partial charge in [0, 0.05) is 11.8 Å². The van der Waals surface area contributed by atoms with Crippen LogP contribution in [0.2, 0.25) is 0 Å². The van der Waals surface area contributed by atoms with Gasteiger partial charge < -0.3 is 14.6 Å². The predicted molar refractivity (Wildman–Crippen MR) is 123 cm³/mol. The second-order valence-corrected chi connectivity index (χ2v) is 8.25. The number of hydrogen-bond acceptors (Lipinski definition) is 9. The quantitative estimate of drug-likeness (QED) is 0.243. The van der Waals surface area contributed by atoms with Gasteiger partial charge in [-0.25, -0.2) is 8.42 Å². The van der Waals surface area contributed by atoms with Crippen LogP contribution in [-0.2, 0) is 10.0 Å². The maximum Gasteiger partial charge on any atom is 0.295 e. The summed E-state index contributed by atoms with van der Waals surface area (Å²) >= 11 is 0. The highest BCUT2D eigenvalue weighted by atomic mass is 32.2. The Labute approximate surface area is 189 Å². The van der Waals surface area contributed by atoms with Gasteiger partial charge >= 0.3 is 0 Å². The molecule has 0 atom stereocenters. The van der Waals surface area contributed by atoms with Crippen molar-refractivity contribution >= 4 is 33.3 Å². The molecule has 0 bridgehead atoms. The third kappa shape index (κ3) is 5.68. The molecule has 3 aromatic carbocycles. The van der Waals surface area contributed by atoms with E-state index in [4.69, 9.17) is 9.47 Å². The summed E-state index contributed by atoms with van der Waals surface area (Å²) in [5.74, 6) is 0.748. The summed E-state index contributed by atoms with van der Waals surface area (Å²) in [6, 6.07) is 14.1. The molecule has 0 saturated heterocycles. The number of ether oxygens (including phenoxy) is 2. The summed E-state index contributed by atoms with van der Waals surface area (Å²) in [6.45, 7) is 0. The molecule has 0 radical (unpaired) electrons. The topological polar surface area (TPSA) is 152 Å². The lowest BCUT2D eigenvalue weighted by Gasteiger charge is -2.10. The number of phenolic OH excluding ortho intramolecular Hbond substituents is 1. The summed E-state index contributed by atoms with van der Waals surface area (Å²) in [4.78, 5) is 10.5. The van der Waals surface area contributed by atoms with Gasteiger partial charge in [-0.15, -0.1) is 0 Å². The fraction of sp³-hybridized carbons (Fsp3) is 0.0952. The number of aromatic hydroxyl groups is 1. The van der Waals surface area contributed by atoms with E-state index >= 15 is 0 Å². The maximum absolute atomic E-state index is 12.7. The molecule has 0 aliphatic rings. The number of anilines is 2. The van der Waals surface area contributed by atoms with Gasteiger partial charge in [0.05, 0.1) is 30.3 Å². The number of rotatable bonds is 9. The first-order chi connectivity index (χ1) is 15.7. The lowest BCUT2D eigenvalue weighted by Crippen LogP contribution is -2.13. The van der Waals surface area contributed by atoms with Crippen LogP contribution in [0.25, 0.3) is 0 Å². The van der Waals surface area contributed by atoms with Gasteiger partial charge in [0.15, 0.2) is 11.5 Å². The van der Waals surface area contributed by atoms with Gasteiger partial charge in [0.1, 0.15) is 11.4 Å². The number of hydrazone groups is 1. The lowest BCUT2D eigenvalue weighted by molar-refractivity contribution is -0.384. The van der Waals surface area contributed by atoms with E-state index < -0.39 is 20.6 Å². The predicted octanol–water partition coefficient (Wildman–Crippen LogP) is 3.56. The second kappa shape index (κ2) is 9.87. The molecule has 0 unspecified atom stereocenters. The highest BCUT2D eigenvalue weighted by molar-refractivity contribution is 7.92. The van der Waals surface area contributed by atoms with E-state index in [9.17, 15) is 23.6 Å². The molecular weight excluding hydrogens is 452 g/mol. The molecule has 0 fully saturated rings. The van der Waals surface area contributed by atoms with Crippen molar-refractivity contribution in [1.29, 1.82) is 0 Å². The normalized spacial score (nSPS) is 11.2. The number of benzene rings is 3. The molecule has 0 heterocycles. The third-order valence-corrected chi connectivity index (χ3v) is 5.80. The van der Waals surface area contributed by atoms with Gasteiger partial charge in [-0.3, -0.25) is 20.3 Å². The molecule has 0 amide bonds. The standard InChI is InChI=1S/C21H20N4O7S/c1-31-16-6-4-15(5-7-16)24-33(29,30)17-8-9-18(19(12-17)25(27)28)23-22-13-14-3-10-20(26)21(11-14)32-2/h3-13,23-24,26H,1-2H3/b22-13+. The van der Waals surface area contributed by atoms with Gasteiger partial charge in [-0.05, 0) is 60.2 Å². The van der Waals surface area contributed by atoms with Crippen LogP contribution >= 0.6 is 0 Å². The Morgan fingerprint density at radius 3 is 2.39 bits per heavy atom. The number of methoxy groups -OCH3 is 2. The fourth-order valence-electron chi connectivity index (χ4n) is 2.75. The Morgan fingerprint density at radius 1 is 1.03 bits per heavy atom. The zero-order valence-corrected chi connectivity index (χ0v) is 18.4. The van der Waals surface area contributed by atoms with Crippen LogP contribution in [0.5, 0.6) is 17.2 Å². The van der Waals surface area contributed by atoms with E-state index in [2.05, 4.69) is 15.2 Å². The summed E-state index contributed by atoms with van der Waals surface area (Å²) in [6.07, 6.45) is 1.36. The van der Waals surface area contributed by atoms with Crippen LogP contribution in [0.15, 0.2) is 70.7 Å². The first-order valence-electron chi connectivity index (χ1n) is 9.35. The third-order valence-electron chi connectivity index (χ3n) is 4.42. The Balaban J connectivity index is 1.81. The Morgan fingerprint density at radius 2 is 1.76 bits per heavy atom. The number of nitro groups is 1. The minimum absolute atomic E-state index is 0.00890. The van der Waals surface area contributed by atoms with Crippen molar-refractivity contribution in [1.82, 2.24) is 0 Å². The van der Waals surface area contributed by atoms with E-state index in [1.807, 2.05) is 0 Å². The molecule has 0 aliphatic heterocycles. The average Bonchev–Trinajstić information content (AvgIpc) is 2.80. The number of nitrogens with one attached hydrogen (secondary N) is 2. The van der Waals surface area contributed by atoms with Gasteiger partial charge in [0.25, 0.3) is 15.7 Å². The summed E-state index contributed by atoms with van der Waals surface area (Å²) in [5, 5.41) is 25.1. The summed E-state index contributed by atoms with van der Waals surface area (Å²) in [5.41, 5.74) is 2.87. The smallest absolute Gasteiger partial charge is 0.295 e. The lowest BCUT2D eigenvalue weighted by atomic mass is 10.2. The molecule has 3 N–H and O–H groups in total. The van der Waals surface area contributed by atoms with Crippen LogP contribution in [-0.4, -0.2) is 38.9 Å². The van der Waals surface area contributed by atoms with Crippen molar-refractivity contribution < 1.29 is 27.9 Å². The van der Waals surface area contributed by atoms with Crippen molar-refractivity contribution in [2.45, 2.75) is 4.90 Å². The zero-order valence-electron chi connectivity index (χ0n) is 17.6. The van der Waals surface area contributed by atoms with Crippen molar-refractivity contribution in [3.05, 3.63) is 76.3 Å². The Kier molecular flexibility index (Phi) is 6.98. The van der Waals surface area contributed by atoms with Crippen molar-refractivity contribution in [3.8, 4) is 17.2 Å². The van der Waals surface area contributed by atoms with Crippen LogP contribution in [0.4, 0.5) is 17.1 Å². The number of nitro benzene ring substituents is 1. The van der Waals surface area contributed by atoms with Crippen molar-refractivity contribution in [3.63, 3.8) is 0 Å². The molecule has 3 rings (SSSR count). The van der Waals surface area contributed by atoms with Crippen LogP contribution in [0.1, 0.15) is 5.56 Å². The summed E-state index contributed by atoms with van der Waals surface area (Å²) in [7, 11) is -1.19. The minimum Gasteiger partial charge on any atom is -0.504 e. The van der Waals surface area contributed by atoms with E-state index in [0.717, 1.165) is 6.07 Å². The number of sulfonamides is 1. The van der Waals surface area contributed by atoms with E-state index in [0.29, 0.717) is 11.3 Å². The van der Waals surface area contributed by atoms with Crippen molar-refractivity contribution in [2.24, 2.45) is 5.10 Å². The molecule has 3 aromatic rings. The van der Waals surface area contributed by atoms with Gasteiger partial charge in [0.2, 0.25) is 0 Å². The van der Waals surface area contributed by atoms with Crippen LogP contribution < -0.4 is 19.6 Å². The van der Waals surface area contributed by atoms with Crippen LogP contribution in [0.3, 0.4) is 0 Å². The molecule has 172 valence electrons. The molecule has 11 nitrogen and oxygen atoms in total. The van der Waals surface area contributed by atoms with Crippen LogP contribution in [0, 0.1) is 10.1 Å². The molecule has 0 aromatic heterocycles. The average molecular weight is 472 g/mol. The summed E-state index contributed by atoms with van der Waals surface area (Å²) < 4.78 is 37.8. The first kappa shape index (κ1) is 23.3. The van der Waals surface area contributed by atoms with E-state index in [1.54, 1.807) is 18.2 Å². The second-order valence-electron chi connectivity index (χ2n) is 6.57. The molecule has 0 aliphatic carbocycles. The maximum atomic E-state index is 12.7. The Hall–Kier alpha value is -4.32. The number of hydrogen-bond donors (Lipinski definition) is 3. The highest BCUT2D eigenvalue weighted by Gasteiger charge is 2.21. The molecular formula is C21H20N4O7S. The van der Waals surface area contributed by atoms with Gasteiger partial charge in [-0.1, -0.05) is 0 Å². The molecule has 0 spiro atoms. The largest absolute Gasteiger partial charge is 0.504 e. The Bertz CT molecular complexity index is 1290. The molecule has 12 heteroatoms. The molecule has 33 heavy (non-hydrogen) atoms. The SMILES string of the molecule is COc1ccc(NS(=O)(=O)c2ccc(N/N=C/c3ccc(O)c(OC)c3)c([N+](=O)[O-])c2)cc1. The van der Waals surface area contributed by atoms with Gasteiger partial charge in [-0.2, -0.15) is 5.10 Å². The van der Waals surface area contributed by atoms with Crippen molar-refractivity contribution in [2.75, 3.05) is 24.4 Å².